The van der Waals surface area contributed by atoms with Crippen LogP contribution in [-0.2, 0) is 10.9 Å². The summed E-state index contributed by atoms with van der Waals surface area (Å²) in [6, 6.07) is 7.92. The highest BCUT2D eigenvalue weighted by atomic mass is 32.1. The molecule has 3 aromatic rings. The van der Waals surface area contributed by atoms with Gasteiger partial charge in [0.15, 0.2) is 5.78 Å². The van der Waals surface area contributed by atoms with Crippen LogP contribution in [0.15, 0.2) is 41.8 Å². The Hall–Kier alpha value is -2.51. The summed E-state index contributed by atoms with van der Waals surface area (Å²) in [4.78, 5) is 17.8. The average molecular weight is 466 g/mol. The number of aromatic nitrogens is 1. The summed E-state index contributed by atoms with van der Waals surface area (Å²) in [7, 11) is -1.95. The molecule has 0 radical (unpaired) electrons. The summed E-state index contributed by atoms with van der Waals surface area (Å²) in [6.07, 6.45) is 5.29. The second-order valence-electron chi connectivity index (χ2n) is 9.80. The molecule has 1 aromatic carbocycles. The number of hydrogen-bond acceptors (Lipinski definition) is 6. The quantitative estimate of drug-likeness (QED) is 0.252. The van der Waals surface area contributed by atoms with Gasteiger partial charge in [0, 0.05) is 35.5 Å². The van der Waals surface area contributed by atoms with Gasteiger partial charge >= 0.3 is 0 Å². The first kappa shape index (κ1) is 22.7. The number of aryl methyl sites for hydroxylation is 1. The number of anilines is 1. The van der Waals surface area contributed by atoms with Gasteiger partial charge in [-0.15, -0.1) is 16.5 Å². The highest BCUT2D eigenvalue weighted by Crippen LogP contribution is 2.38. The van der Waals surface area contributed by atoms with Crippen molar-refractivity contribution in [2.45, 2.75) is 58.7 Å². The second-order valence-corrected chi connectivity index (χ2v) is 15.6. The average Bonchev–Trinajstić information content (AvgIpc) is 3.31. The van der Waals surface area contributed by atoms with Gasteiger partial charge in [-0.3, -0.25) is 9.78 Å². The van der Waals surface area contributed by atoms with Crippen LogP contribution in [0.25, 0.3) is 10.1 Å². The first-order valence-corrected chi connectivity index (χ1v) is 14.9. The van der Waals surface area contributed by atoms with Crippen LogP contribution in [0.5, 0.6) is 0 Å². The van der Waals surface area contributed by atoms with Crippen LogP contribution in [0.1, 0.15) is 61.2 Å². The molecule has 2 aromatic heterocycles. The third-order valence-corrected chi connectivity index (χ3v) is 11.8. The summed E-state index contributed by atoms with van der Waals surface area (Å²) in [5, 5.41) is 9.91. The Balaban J connectivity index is 1.65. The van der Waals surface area contributed by atoms with Crippen LogP contribution in [-0.4, -0.2) is 31.3 Å². The SMILES string of the molecule is CCNc1sc2cnccc2c1C(=O)c1ccc2c(c1)CC/C2=N/O[Si](C)(C)C(C)(C)C. The van der Waals surface area contributed by atoms with E-state index >= 15 is 0 Å². The first-order chi connectivity index (χ1) is 15.1. The number of hydrogen-bond donors (Lipinski definition) is 1. The highest BCUT2D eigenvalue weighted by Gasteiger charge is 2.40. The minimum atomic E-state index is -1.95. The Morgan fingerprint density at radius 1 is 1.25 bits per heavy atom. The van der Waals surface area contributed by atoms with E-state index in [4.69, 9.17) is 4.53 Å². The fourth-order valence-corrected chi connectivity index (χ4v) is 5.36. The monoisotopic (exact) mass is 465 g/mol. The molecule has 2 heterocycles. The molecule has 0 bridgehead atoms. The zero-order chi connectivity index (χ0) is 23.1. The number of thiophene rings is 1. The standard InChI is InChI=1S/C25H31N3O2SSi/c1-7-27-24-22(19-12-13-26-15-21(19)31-24)23(29)17-8-10-18-16(14-17)9-11-20(18)28-30-32(5,6)25(2,3)4/h8,10,12-15,27H,7,9,11H2,1-6H3/b28-20-. The molecule has 0 fully saturated rings. The van der Waals surface area contributed by atoms with Crippen LogP contribution in [0.2, 0.25) is 18.1 Å². The first-order valence-electron chi connectivity index (χ1n) is 11.2. The molecule has 5 nitrogen and oxygen atoms in total. The van der Waals surface area contributed by atoms with Crippen LogP contribution < -0.4 is 5.32 Å². The number of rotatable bonds is 6. The summed E-state index contributed by atoms with van der Waals surface area (Å²) in [5.41, 5.74) is 4.71. The second kappa shape index (κ2) is 8.44. The number of nitrogens with zero attached hydrogens (tertiary/aromatic N) is 2. The maximum atomic E-state index is 13.6. The lowest BCUT2D eigenvalue weighted by Crippen LogP contribution is -2.39. The molecule has 0 saturated carbocycles. The Kier molecular flexibility index (Phi) is 5.98. The summed E-state index contributed by atoms with van der Waals surface area (Å²) in [5.74, 6) is 0.0455. The Morgan fingerprint density at radius 3 is 2.75 bits per heavy atom. The largest absolute Gasteiger partial charge is 0.455 e. The van der Waals surface area contributed by atoms with E-state index in [1.807, 2.05) is 37.4 Å². The molecule has 4 rings (SSSR count). The molecule has 0 atom stereocenters. The van der Waals surface area contributed by atoms with E-state index in [1.54, 1.807) is 17.5 Å². The Labute approximate surface area is 195 Å². The Morgan fingerprint density at radius 2 is 2.03 bits per heavy atom. The van der Waals surface area contributed by atoms with Gasteiger partial charge in [-0.05, 0) is 55.6 Å². The molecule has 7 heteroatoms. The van der Waals surface area contributed by atoms with Gasteiger partial charge in [0.05, 0.1) is 16.0 Å². The highest BCUT2D eigenvalue weighted by molar-refractivity contribution is 7.23. The van der Waals surface area contributed by atoms with Crippen LogP contribution >= 0.6 is 11.3 Å². The minimum Gasteiger partial charge on any atom is -0.455 e. The number of benzene rings is 1. The van der Waals surface area contributed by atoms with Gasteiger partial charge in [-0.25, -0.2) is 0 Å². The molecular weight excluding hydrogens is 434 g/mol. The molecule has 32 heavy (non-hydrogen) atoms. The van der Waals surface area contributed by atoms with Gasteiger partial charge in [0.25, 0.3) is 8.32 Å². The van der Waals surface area contributed by atoms with Crippen molar-refractivity contribution < 1.29 is 9.32 Å². The summed E-state index contributed by atoms with van der Waals surface area (Å²) >= 11 is 1.58. The molecular formula is C25H31N3O2SSi. The van der Waals surface area contributed by atoms with Crippen molar-refractivity contribution in [3.8, 4) is 0 Å². The van der Waals surface area contributed by atoms with E-state index in [1.165, 1.54) is 5.56 Å². The van der Waals surface area contributed by atoms with Crippen molar-refractivity contribution in [2.75, 3.05) is 11.9 Å². The lowest BCUT2D eigenvalue weighted by molar-refractivity contribution is 0.104. The normalized spacial score (nSPS) is 15.2. The van der Waals surface area contributed by atoms with Crippen molar-refractivity contribution in [1.29, 1.82) is 0 Å². The van der Waals surface area contributed by atoms with Gasteiger partial charge in [0.2, 0.25) is 0 Å². The van der Waals surface area contributed by atoms with Gasteiger partial charge in [0.1, 0.15) is 5.00 Å². The van der Waals surface area contributed by atoms with E-state index in [0.717, 1.165) is 51.3 Å². The molecule has 0 aliphatic heterocycles. The summed E-state index contributed by atoms with van der Waals surface area (Å²) in [6.45, 7) is 13.9. The molecule has 1 aliphatic carbocycles. The molecule has 168 valence electrons. The number of fused-ring (bicyclic) bond motifs is 2. The van der Waals surface area contributed by atoms with Gasteiger partial charge in [-0.1, -0.05) is 32.9 Å². The van der Waals surface area contributed by atoms with Crippen molar-refractivity contribution >= 4 is 46.2 Å². The third-order valence-electron chi connectivity index (χ3n) is 6.56. The predicted molar refractivity (Wildman–Crippen MR) is 137 cm³/mol. The number of carbonyl (C=O) groups excluding carboxylic acids is 1. The molecule has 1 aliphatic rings. The van der Waals surface area contributed by atoms with Crippen LogP contribution in [0, 0.1) is 0 Å². The molecule has 0 unspecified atom stereocenters. The predicted octanol–water partition coefficient (Wildman–Crippen LogP) is 6.63. The topological polar surface area (TPSA) is 63.6 Å². The van der Waals surface area contributed by atoms with Crippen molar-refractivity contribution in [2.24, 2.45) is 5.16 Å². The van der Waals surface area contributed by atoms with E-state index in [0.29, 0.717) is 5.56 Å². The minimum absolute atomic E-state index is 0.0455. The van der Waals surface area contributed by atoms with E-state index < -0.39 is 8.32 Å². The third kappa shape index (κ3) is 4.11. The lowest BCUT2D eigenvalue weighted by Gasteiger charge is -2.33. The zero-order valence-electron chi connectivity index (χ0n) is 19.7. The summed E-state index contributed by atoms with van der Waals surface area (Å²) < 4.78 is 7.13. The van der Waals surface area contributed by atoms with Crippen LogP contribution in [0.4, 0.5) is 5.00 Å². The Bertz CT molecular complexity index is 1210. The van der Waals surface area contributed by atoms with Gasteiger partial charge < -0.3 is 9.84 Å². The molecule has 0 spiro atoms. The number of ketones is 1. The molecule has 0 saturated heterocycles. The van der Waals surface area contributed by atoms with Crippen molar-refractivity contribution in [1.82, 2.24) is 4.98 Å². The maximum absolute atomic E-state index is 13.6. The van der Waals surface area contributed by atoms with Crippen LogP contribution in [0.3, 0.4) is 0 Å². The van der Waals surface area contributed by atoms with E-state index in [-0.39, 0.29) is 10.8 Å². The number of oxime groups is 1. The number of carbonyl (C=O) groups is 1. The number of pyridine rings is 1. The van der Waals surface area contributed by atoms with Crippen molar-refractivity contribution in [3.05, 3.63) is 58.9 Å². The smallest absolute Gasteiger partial charge is 0.286 e. The fourth-order valence-electron chi connectivity index (χ4n) is 3.62. The van der Waals surface area contributed by atoms with Crippen molar-refractivity contribution in [3.63, 3.8) is 0 Å². The fraction of sp³-hybridized carbons (Fsp3) is 0.400. The lowest BCUT2D eigenvalue weighted by atomic mass is 9.98. The number of nitrogens with one attached hydrogen (secondary N) is 1. The van der Waals surface area contributed by atoms with E-state index in [9.17, 15) is 4.79 Å². The molecule has 0 amide bonds. The van der Waals surface area contributed by atoms with E-state index in [2.05, 4.69) is 49.3 Å². The van der Waals surface area contributed by atoms with Gasteiger partial charge in [-0.2, -0.15) is 0 Å². The molecule has 1 N–H and O–H groups in total. The zero-order valence-corrected chi connectivity index (χ0v) is 21.5. The maximum Gasteiger partial charge on any atom is 0.286 e.